The number of halogens is 11. The fraction of sp³-hybridized carbons (Fsp3) is 1.00. The van der Waals surface area contributed by atoms with E-state index in [2.05, 4.69) is 0 Å². The van der Waals surface area contributed by atoms with Crippen molar-refractivity contribution < 1.29 is 113 Å². The molecule has 0 radical (unpaired) electrons. The molecule has 0 amide bonds. The average molecular weight is 486 g/mol. The Hall–Kier alpha value is 0.776. The van der Waals surface area contributed by atoms with Crippen LogP contribution < -0.4 is 51.4 Å². The summed E-state index contributed by atoms with van der Waals surface area (Å²) in [5.74, 6) is -19.9. The van der Waals surface area contributed by atoms with Gasteiger partial charge < -0.3 is 4.55 Å². The van der Waals surface area contributed by atoms with Gasteiger partial charge in [-0.2, -0.15) is 48.3 Å². The number of rotatable bonds is 11. The molecule has 0 saturated heterocycles. The molecule has 0 aromatic heterocycles. The van der Waals surface area contributed by atoms with Crippen LogP contribution >= 0.6 is 0 Å². The van der Waals surface area contributed by atoms with Crippen LogP contribution in [0.25, 0.3) is 0 Å². The molecule has 0 fully saturated rings. The Morgan fingerprint density at radius 2 is 0.964 bits per heavy atom. The van der Waals surface area contributed by atoms with E-state index in [4.69, 9.17) is 0 Å². The first-order chi connectivity index (χ1) is 11.7. The van der Waals surface area contributed by atoms with E-state index in [0.29, 0.717) is 0 Å². The smallest absolute Gasteiger partial charge is 0.743 e. The third-order valence-corrected chi connectivity index (χ3v) is 4.37. The van der Waals surface area contributed by atoms with Crippen molar-refractivity contribution >= 4 is 10.1 Å². The molecule has 0 bridgehead atoms. The maximum absolute atomic E-state index is 13.3. The van der Waals surface area contributed by atoms with Crippen molar-refractivity contribution in [3.05, 3.63) is 0 Å². The Morgan fingerprint density at radius 1 is 0.607 bits per heavy atom. The summed E-state index contributed by atoms with van der Waals surface area (Å²) in [6.45, 7) is 0. The molecule has 0 aliphatic carbocycles. The molecule has 0 aliphatic heterocycles. The molecule has 0 unspecified atom stereocenters. The molecular formula is C12H14F11KO3S. The summed E-state index contributed by atoms with van der Waals surface area (Å²) < 4.78 is 171. The van der Waals surface area contributed by atoms with Gasteiger partial charge in [-0.15, -0.1) is 0 Å². The van der Waals surface area contributed by atoms with Crippen LogP contribution in [0.2, 0.25) is 0 Å². The fourth-order valence-corrected chi connectivity index (χ4v) is 2.37. The zero-order chi connectivity index (χ0) is 21.9. The summed E-state index contributed by atoms with van der Waals surface area (Å²) >= 11 is 0. The summed E-state index contributed by atoms with van der Waals surface area (Å²) in [4.78, 5) is 0. The summed E-state index contributed by atoms with van der Waals surface area (Å²) in [5.41, 5.74) is 0. The van der Waals surface area contributed by atoms with Crippen LogP contribution in [0.15, 0.2) is 0 Å². The third kappa shape index (κ3) is 7.48. The minimum Gasteiger partial charge on any atom is -0.743 e. The second kappa shape index (κ2) is 10.4. The van der Waals surface area contributed by atoms with Crippen LogP contribution in [0.4, 0.5) is 48.3 Å². The van der Waals surface area contributed by atoms with Gasteiger partial charge in [0, 0.05) is 12.8 Å². The molecule has 0 heterocycles. The van der Waals surface area contributed by atoms with Gasteiger partial charge in [-0.3, -0.25) is 0 Å². The molecule has 164 valence electrons. The minimum absolute atomic E-state index is 0. The van der Waals surface area contributed by atoms with E-state index in [1.54, 1.807) is 0 Å². The SMILES string of the molecule is O=S(=O)([O-])C(F)(F)C(F)(F)C(F)(F)C(F)(F)CCCCCCCC(F)(F)F.[K+]. The van der Waals surface area contributed by atoms with Crippen molar-refractivity contribution in [2.75, 3.05) is 0 Å². The Labute approximate surface area is 195 Å². The first-order valence-corrected chi connectivity index (χ1v) is 8.65. The molecular weight excluding hydrogens is 472 g/mol. The molecule has 0 aliphatic rings. The van der Waals surface area contributed by atoms with Crippen molar-refractivity contribution in [1.29, 1.82) is 0 Å². The van der Waals surface area contributed by atoms with E-state index in [1.165, 1.54) is 0 Å². The zero-order valence-corrected chi connectivity index (χ0v) is 18.2. The predicted molar refractivity (Wildman–Crippen MR) is 67.9 cm³/mol. The van der Waals surface area contributed by atoms with Gasteiger partial charge in [-0.1, -0.05) is 19.3 Å². The Bertz CT molecular complexity index is 590. The van der Waals surface area contributed by atoms with Crippen molar-refractivity contribution in [3.63, 3.8) is 0 Å². The van der Waals surface area contributed by atoms with Crippen molar-refractivity contribution in [3.8, 4) is 0 Å². The summed E-state index contributed by atoms with van der Waals surface area (Å²) in [6.07, 6.45) is -9.72. The molecule has 0 aromatic carbocycles. The maximum atomic E-state index is 13.3. The average Bonchev–Trinajstić information content (AvgIpc) is 2.43. The molecule has 16 heteroatoms. The summed E-state index contributed by atoms with van der Waals surface area (Å²) in [7, 11) is -7.39. The standard InChI is InChI=1S/C12H15F11O3S.K/c13-8(14,6-4-2-1-3-5-7-9(15,16)17)10(18,19)11(20,21)12(22,23)27(24,25)26;/h1-7H2,(H,24,25,26);/q;+1/p-1. The number of hydrogen-bond acceptors (Lipinski definition) is 3. The zero-order valence-electron chi connectivity index (χ0n) is 14.2. The second-order valence-corrected chi connectivity index (χ2v) is 7.13. The van der Waals surface area contributed by atoms with Crippen molar-refractivity contribution in [2.45, 2.75) is 74.1 Å². The Balaban J connectivity index is 0. The van der Waals surface area contributed by atoms with Crippen molar-refractivity contribution in [2.24, 2.45) is 0 Å². The number of hydrogen-bond donors (Lipinski definition) is 0. The molecule has 0 atom stereocenters. The van der Waals surface area contributed by atoms with Crippen LogP contribution in [0.1, 0.15) is 44.9 Å². The van der Waals surface area contributed by atoms with Gasteiger partial charge in [0.25, 0.3) is 0 Å². The van der Waals surface area contributed by atoms with Crippen molar-refractivity contribution in [1.82, 2.24) is 0 Å². The minimum atomic E-state index is -7.39. The second-order valence-electron chi connectivity index (χ2n) is 5.71. The monoisotopic (exact) mass is 486 g/mol. The van der Waals surface area contributed by atoms with E-state index >= 15 is 0 Å². The largest absolute Gasteiger partial charge is 1.00 e. The van der Waals surface area contributed by atoms with E-state index < -0.39 is 65.0 Å². The van der Waals surface area contributed by atoms with Gasteiger partial charge in [0.15, 0.2) is 10.1 Å². The summed E-state index contributed by atoms with van der Waals surface area (Å²) in [6, 6.07) is 0. The van der Waals surface area contributed by atoms with Gasteiger partial charge >= 0.3 is 80.6 Å². The first-order valence-electron chi connectivity index (χ1n) is 7.24. The molecule has 3 nitrogen and oxygen atoms in total. The Morgan fingerprint density at radius 3 is 1.32 bits per heavy atom. The fourth-order valence-electron chi connectivity index (χ4n) is 1.93. The van der Waals surface area contributed by atoms with Crippen LogP contribution in [0.3, 0.4) is 0 Å². The predicted octanol–water partition coefficient (Wildman–Crippen LogP) is 2.33. The molecule has 0 N–H and O–H groups in total. The normalized spacial score (nSPS) is 14.7. The topological polar surface area (TPSA) is 57.2 Å². The van der Waals surface area contributed by atoms with E-state index in [1.807, 2.05) is 0 Å². The third-order valence-electron chi connectivity index (χ3n) is 3.48. The molecule has 0 rings (SSSR count). The molecule has 0 spiro atoms. The van der Waals surface area contributed by atoms with Gasteiger partial charge in [0.1, 0.15) is 0 Å². The first kappa shape index (κ1) is 31.0. The van der Waals surface area contributed by atoms with E-state index in [-0.39, 0.29) is 70.6 Å². The van der Waals surface area contributed by atoms with Crippen LogP contribution in [-0.2, 0) is 10.1 Å². The van der Waals surface area contributed by atoms with E-state index in [9.17, 15) is 61.3 Å². The maximum Gasteiger partial charge on any atom is 1.00 e. The van der Waals surface area contributed by atoms with Gasteiger partial charge in [-0.25, -0.2) is 8.42 Å². The van der Waals surface area contributed by atoms with Crippen LogP contribution in [-0.4, -0.2) is 42.2 Å². The van der Waals surface area contributed by atoms with Crippen LogP contribution in [0, 0.1) is 0 Å². The molecule has 0 saturated carbocycles. The number of alkyl halides is 11. The van der Waals surface area contributed by atoms with E-state index in [0.717, 1.165) is 0 Å². The summed E-state index contributed by atoms with van der Waals surface area (Å²) in [5, 5.41) is -7.00. The quantitative estimate of drug-likeness (QED) is 0.195. The van der Waals surface area contributed by atoms with Crippen LogP contribution in [0.5, 0.6) is 0 Å². The molecule has 0 aromatic rings. The van der Waals surface area contributed by atoms with Gasteiger partial charge in [-0.05, 0) is 12.8 Å². The van der Waals surface area contributed by atoms with Gasteiger partial charge in [0.2, 0.25) is 0 Å². The number of unbranched alkanes of at least 4 members (excludes halogenated alkanes) is 4. The molecule has 28 heavy (non-hydrogen) atoms. The Kier molecular flexibility index (Phi) is 11.5. The van der Waals surface area contributed by atoms with Gasteiger partial charge in [0.05, 0.1) is 0 Å².